The van der Waals surface area contributed by atoms with Gasteiger partial charge in [0.2, 0.25) is 0 Å². The van der Waals surface area contributed by atoms with Gasteiger partial charge >= 0.3 is 0 Å². The lowest BCUT2D eigenvalue weighted by atomic mass is 9.99. The zero-order chi connectivity index (χ0) is 15.0. The molecule has 0 bridgehead atoms. The van der Waals surface area contributed by atoms with E-state index in [9.17, 15) is 5.11 Å². The van der Waals surface area contributed by atoms with E-state index in [1.807, 2.05) is 24.3 Å². The van der Waals surface area contributed by atoms with Gasteiger partial charge in [-0.2, -0.15) is 0 Å². The van der Waals surface area contributed by atoms with Crippen LogP contribution in [0.1, 0.15) is 0 Å². The molecule has 21 heavy (non-hydrogen) atoms. The summed E-state index contributed by atoms with van der Waals surface area (Å²) in [7, 11) is 4.80. The fourth-order valence-corrected chi connectivity index (χ4v) is 2.66. The van der Waals surface area contributed by atoms with E-state index in [1.165, 1.54) is 0 Å². The number of aromatic hydroxyl groups is 1. The molecule has 0 heterocycles. The second-order valence-corrected chi connectivity index (χ2v) is 4.70. The molecule has 0 unspecified atom stereocenters. The number of rotatable bonds is 3. The maximum Gasteiger partial charge on any atom is 0.130 e. The summed E-state index contributed by atoms with van der Waals surface area (Å²) < 4.78 is 16.1. The second kappa shape index (κ2) is 5.05. The summed E-state index contributed by atoms with van der Waals surface area (Å²) in [5, 5.41) is 13.7. The van der Waals surface area contributed by atoms with E-state index in [-0.39, 0.29) is 5.75 Å². The van der Waals surface area contributed by atoms with Gasteiger partial charge in [0.05, 0.1) is 26.7 Å². The highest BCUT2D eigenvalue weighted by molar-refractivity contribution is 6.14. The van der Waals surface area contributed by atoms with E-state index in [2.05, 4.69) is 0 Å². The van der Waals surface area contributed by atoms with Crippen molar-refractivity contribution in [3.8, 4) is 23.0 Å². The first kappa shape index (κ1) is 13.4. The molecule has 108 valence electrons. The number of phenols is 1. The van der Waals surface area contributed by atoms with Crippen LogP contribution >= 0.6 is 0 Å². The molecule has 3 aromatic rings. The molecule has 4 nitrogen and oxygen atoms in total. The molecule has 0 amide bonds. The predicted octanol–water partition coefficient (Wildman–Crippen LogP) is 3.72. The molecule has 0 aromatic heterocycles. The molecule has 0 aliphatic carbocycles. The van der Waals surface area contributed by atoms with E-state index in [4.69, 9.17) is 14.2 Å². The van der Waals surface area contributed by atoms with Crippen LogP contribution < -0.4 is 14.2 Å². The van der Waals surface area contributed by atoms with E-state index < -0.39 is 0 Å². The fourth-order valence-electron chi connectivity index (χ4n) is 2.66. The Morgan fingerprint density at radius 1 is 0.762 bits per heavy atom. The Labute approximate surface area is 122 Å². The molecule has 0 fully saturated rings. The normalized spacial score (nSPS) is 10.8. The highest BCUT2D eigenvalue weighted by Crippen LogP contribution is 2.42. The molecule has 0 aliphatic rings. The molecule has 1 N–H and O–H groups in total. The van der Waals surface area contributed by atoms with Crippen molar-refractivity contribution in [2.45, 2.75) is 0 Å². The molecule has 4 heteroatoms. The molecule has 0 saturated carbocycles. The minimum atomic E-state index is 0.165. The van der Waals surface area contributed by atoms with Gasteiger partial charge < -0.3 is 19.3 Å². The standard InChI is InChI=1S/C17H16O4/c1-19-10-7-12-11-5-4-6-15(20-2)17(11)14(18)9-13(12)16(8-10)21-3/h4-9,18H,1-3H3. The van der Waals surface area contributed by atoms with Crippen LogP contribution in [-0.4, -0.2) is 26.4 Å². The molecule has 0 spiro atoms. The number of ether oxygens (including phenoxy) is 3. The first-order valence-electron chi connectivity index (χ1n) is 6.54. The van der Waals surface area contributed by atoms with Crippen LogP contribution in [0.5, 0.6) is 23.0 Å². The van der Waals surface area contributed by atoms with Gasteiger partial charge in [-0.25, -0.2) is 0 Å². The van der Waals surface area contributed by atoms with Gasteiger partial charge in [-0.15, -0.1) is 0 Å². The molecule has 0 aliphatic heterocycles. The minimum absolute atomic E-state index is 0.165. The zero-order valence-electron chi connectivity index (χ0n) is 12.1. The minimum Gasteiger partial charge on any atom is -0.507 e. The first-order chi connectivity index (χ1) is 10.2. The van der Waals surface area contributed by atoms with Crippen LogP contribution in [0.2, 0.25) is 0 Å². The van der Waals surface area contributed by atoms with Gasteiger partial charge in [0.25, 0.3) is 0 Å². The number of phenolic OH excluding ortho intramolecular Hbond substituents is 1. The second-order valence-electron chi connectivity index (χ2n) is 4.70. The summed E-state index contributed by atoms with van der Waals surface area (Å²) in [5.41, 5.74) is 0. The van der Waals surface area contributed by atoms with E-state index in [0.717, 1.165) is 16.2 Å². The maximum absolute atomic E-state index is 10.4. The Morgan fingerprint density at radius 3 is 2.19 bits per heavy atom. The Balaban J connectivity index is 2.53. The Kier molecular flexibility index (Phi) is 3.22. The highest BCUT2D eigenvalue weighted by Gasteiger charge is 2.14. The van der Waals surface area contributed by atoms with E-state index in [0.29, 0.717) is 22.6 Å². The molecular weight excluding hydrogens is 268 g/mol. The molecule has 3 aromatic carbocycles. The van der Waals surface area contributed by atoms with Crippen molar-refractivity contribution >= 4 is 21.5 Å². The number of benzene rings is 3. The number of hydrogen-bond acceptors (Lipinski definition) is 4. The zero-order valence-corrected chi connectivity index (χ0v) is 12.1. The molecule has 0 radical (unpaired) electrons. The van der Waals surface area contributed by atoms with Crippen molar-refractivity contribution in [3.05, 3.63) is 36.4 Å². The lowest BCUT2D eigenvalue weighted by Gasteiger charge is -2.14. The quantitative estimate of drug-likeness (QED) is 0.745. The van der Waals surface area contributed by atoms with Gasteiger partial charge in [0.15, 0.2) is 0 Å². The Hall–Kier alpha value is -2.62. The van der Waals surface area contributed by atoms with Gasteiger partial charge in [-0.1, -0.05) is 12.1 Å². The van der Waals surface area contributed by atoms with Crippen molar-refractivity contribution in [1.29, 1.82) is 0 Å². The SMILES string of the molecule is COc1cc(OC)c2cc(O)c3c(OC)cccc3c2c1. The highest BCUT2D eigenvalue weighted by atomic mass is 16.5. The summed E-state index contributed by atoms with van der Waals surface area (Å²) >= 11 is 0. The number of methoxy groups -OCH3 is 3. The molecular formula is C17H16O4. The van der Waals surface area contributed by atoms with Crippen LogP contribution in [0.25, 0.3) is 21.5 Å². The van der Waals surface area contributed by atoms with Crippen molar-refractivity contribution in [2.75, 3.05) is 21.3 Å². The Bertz CT molecular complexity index is 824. The molecule has 0 atom stereocenters. The van der Waals surface area contributed by atoms with Crippen LogP contribution in [0.3, 0.4) is 0 Å². The summed E-state index contributed by atoms with van der Waals surface area (Å²) in [4.78, 5) is 0. The lowest BCUT2D eigenvalue weighted by molar-refractivity contribution is 0.397. The summed E-state index contributed by atoms with van der Waals surface area (Å²) in [6.07, 6.45) is 0. The smallest absolute Gasteiger partial charge is 0.130 e. The van der Waals surface area contributed by atoms with Crippen LogP contribution in [0.4, 0.5) is 0 Å². The van der Waals surface area contributed by atoms with Gasteiger partial charge in [0, 0.05) is 11.5 Å². The maximum atomic E-state index is 10.4. The molecule has 0 saturated heterocycles. The fraction of sp³-hybridized carbons (Fsp3) is 0.176. The van der Waals surface area contributed by atoms with E-state index in [1.54, 1.807) is 33.5 Å². The van der Waals surface area contributed by atoms with Crippen molar-refractivity contribution in [2.24, 2.45) is 0 Å². The number of fused-ring (bicyclic) bond motifs is 3. The van der Waals surface area contributed by atoms with Crippen molar-refractivity contribution in [1.82, 2.24) is 0 Å². The third-order valence-electron chi connectivity index (χ3n) is 3.64. The topological polar surface area (TPSA) is 47.9 Å². The lowest BCUT2D eigenvalue weighted by Crippen LogP contribution is -1.91. The van der Waals surface area contributed by atoms with Gasteiger partial charge in [0.1, 0.15) is 23.0 Å². The third kappa shape index (κ3) is 2.00. The Morgan fingerprint density at radius 2 is 1.52 bits per heavy atom. The largest absolute Gasteiger partial charge is 0.507 e. The number of hydrogen-bond donors (Lipinski definition) is 1. The summed E-state index contributed by atoms with van der Waals surface area (Å²) in [5.74, 6) is 2.16. The van der Waals surface area contributed by atoms with E-state index >= 15 is 0 Å². The summed E-state index contributed by atoms with van der Waals surface area (Å²) in [6.45, 7) is 0. The van der Waals surface area contributed by atoms with Gasteiger partial charge in [-0.3, -0.25) is 0 Å². The van der Waals surface area contributed by atoms with Crippen molar-refractivity contribution < 1.29 is 19.3 Å². The predicted molar refractivity (Wildman–Crippen MR) is 82.8 cm³/mol. The molecule has 3 rings (SSSR count). The third-order valence-corrected chi connectivity index (χ3v) is 3.64. The van der Waals surface area contributed by atoms with Crippen LogP contribution in [0.15, 0.2) is 36.4 Å². The van der Waals surface area contributed by atoms with Crippen LogP contribution in [0, 0.1) is 0 Å². The summed E-state index contributed by atoms with van der Waals surface area (Å²) in [6, 6.07) is 11.1. The average Bonchev–Trinajstić information content (AvgIpc) is 2.53. The van der Waals surface area contributed by atoms with Crippen LogP contribution in [-0.2, 0) is 0 Å². The first-order valence-corrected chi connectivity index (χ1v) is 6.54. The average molecular weight is 284 g/mol. The monoisotopic (exact) mass is 284 g/mol. The van der Waals surface area contributed by atoms with Gasteiger partial charge in [-0.05, 0) is 29.0 Å². The van der Waals surface area contributed by atoms with Crippen molar-refractivity contribution in [3.63, 3.8) is 0 Å².